The fraction of sp³-hybridized carbons (Fsp3) is 0.273. The van der Waals surface area contributed by atoms with E-state index in [1.165, 1.54) is 4.88 Å². The van der Waals surface area contributed by atoms with Crippen LogP contribution in [-0.4, -0.2) is 4.98 Å². The lowest BCUT2D eigenvalue weighted by atomic mass is 10.1. The summed E-state index contributed by atoms with van der Waals surface area (Å²) in [5.41, 5.74) is 0.630. The number of hydrogen-bond acceptors (Lipinski definition) is 3. The van der Waals surface area contributed by atoms with Gasteiger partial charge in [0.1, 0.15) is 10.9 Å². The SMILES string of the molecule is CC(C)c1cc2cc(C#N)cnc2s1. The third kappa shape index (κ3) is 1.49. The van der Waals surface area contributed by atoms with Crippen molar-refractivity contribution in [3.05, 3.63) is 28.8 Å². The van der Waals surface area contributed by atoms with Crippen molar-refractivity contribution in [2.45, 2.75) is 19.8 Å². The maximum Gasteiger partial charge on any atom is 0.123 e. The van der Waals surface area contributed by atoms with Crippen molar-refractivity contribution < 1.29 is 0 Å². The second-order valence-electron chi connectivity index (χ2n) is 3.53. The molecule has 0 aliphatic rings. The topological polar surface area (TPSA) is 36.7 Å². The normalized spacial score (nSPS) is 10.7. The Morgan fingerprint density at radius 1 is 1.43 bits per heavy atom. The van der Waals surface area contributed by atoms with Gasteiger partial charge in [-0.05, 0) is 18.1 Å². The number of rotatable bonds is 1. The quantitative estimate of drug-likeness (QED) is 0.711. The van der Waals surface area contributed by atoms with Gasteiger partial charge in [0.2, 0.25) is 0 Å². The van der Waals surface area contributed by atoms with Crippen LogP contribution in [0.3, 0.4) is 0 Å². The van der Waals surface area contributed by atoms with Crippen molar-refractivity contribution in [1.82, 2.24) is 4.98 Å². The summed E-state index contributed by atoms with van der Waals surface area (Å²) in [7, 11) is 0. The van der Waals surface area contributed by atoms with E-state index in [0.717, 1.165) is 10.2 Å². The molecule has 0 N–H and O–H groups in total. The van der Waals surface area contributed by atoms with Crippen LogP contribution in [0.15, 0.2) is 18.3 Å². The van der Waals surface area contributed by atoms with Gasteiger partial charge in [-0.2, -0.15) is 5.26 Å². The molecule has 2 heterocycles. The summed E-state index contributed by atoms with van der Waals surface area (Å²) in [5, 5.41) is 9.81. The van der Waals surface area contributed by atoms with E-state index in [1.807, 2.05) is 6.07 Å². The molecule has 0 aliphatic carbocycles. The van der Waals surface area contributed by atoms with Gasteiger partial charge in [-0.1, -0.05) is 13.8 Å². The Bertz CT molecular complexity index is 505. The Hall–Kier alpha value is -1.40. The summed E-state index contributed by atoms with van der Waals surface area (Å²) < 4.78 is 0. The molecule has 2 nitrogen and oxygen atoms in total. The number of fused-ring (bicyclic) bond motifs is 1. The zero-order valence-corrected chi connectivity index (χ0v) is 8.93. The largest absolute Gasteiger partial charge is 0.244 e. The van der Waals surface area contributed by atoms with Crippen molar-refractivity contribution in [1.29, 1.82) is 5.26 Å². The highest BCUT2D eigenvalue weighted by molar-refractivity contribution is 7.18. The predicted octanol–water partition coefficient (Wildman–Crippen LogP) is 3.29. The Morgan fingerprint density at radius 3 is 2.86 bits per heavy atom. The molecule has 3 heteroatoms. The van der Waals surface area contributed by atoms with Crippen molar-refractivity contribution in [3.8, 4) is 6.07 Å². The van der Waals surface area contributed by atoms with Gasteiger partial charge in [-0.25, -0.2) is 4.98 Å². The second-order valence-corrected chi connectivity index (χ2v) is 4.60. The molecule has 0 spiro atoms. The smallest absolute Gasteiger partial charge is 0.123 e. The number of thiophene rings is 1. The molecule has 0 amide bonds. The Labute approximate surface area is 86.8 Å². The van der Waals surface area contributed by atoms with Gasteiger partial charge < -0.3 is 0 Å². The lowest BCUT2D eigenvalue weighted by Crippen LogP contribution is -1.77. The molecule has 0 saturated heterocycles. The minimum atomic E-state index is 0.528. The van der Waals surface area contributed by atoms with Crippen molar-refractivity contribution in [2.24, 2.45) is 0 Å². The molecule has 2 aromatic rings. The first kappa shape index (κ1) is 9.17. The molecule has 2 aromatic heterocycles. The van der Waals surface area contributed by atoms with Gasteiger partial charge >= 0.3 is 0 Å². The van der Waals surface area contributed by atoms with E-state index in [9.17, 15) is 0 Å². The number of pyridine rings is 1. The Balaban J connectivity index is 2.61. The standard InChI is InChI=1S/C11H10N2S/c1-7(2)10-4-9-3-8(5-12)6-13-11(9)14-10/h3-4,6-7H,1-2H3. The zero-order valence-electron chi connectivity index (χ0n) is 8.11. The highest BCUT2D eigenvalue weighted by Gasteiger charge is 2.06. The average Bonchev–Trinajstić information content (AvgIpc) is 2.59. The predicted molar refractivity (Wildman–Crippen MR) is 58.4 cm³/mol. The minimum Gasteiger partial charge on any atom is -0.244 e. The van der Waals surface area contributed by atoms with Crippen LogP contribution in [0.5, 0.6) is 0 Å². The first-order valence-electron chi connectivity index (χ1n) is 4.50. The Morgan fingerprint density at radius 2 is 2.21 bits per heavy atom. The first-order chi connectivity index (χ1) is 6.70. The molecule has 0 bridgehead atoms. The minimum absolute atomic E-state index is 0.528. The second kappa shape index (κ2) is 3.39. The van der Waals surface area contributed by atoms with Crippen LogP contribution >= 0.6 is 11.3 Å². The monoisotopic (exact) mass is 202 g/mol. The number of aromatic nitrogens is 1. The maximum atomic E-state index is 8.73. The van der Waals surface area contributed by atoms with Crippen LogP contribution in [0, 0.1) is 11.3 Å². The van der Waals surface area contributed by atoms with Gasteiger partial charge in [-0.15, -0.1) is 11.3 Å². The summed E-state index contributed by atoms with van der Waals surface area (Å²) >= 11 is 1.70. The summed E-state index contributed by atoms with van der Waals surface area (Å²) in [6.07, 6.45) is 1.63. The maximum absolute atomic E-state index is 8.73. The highest BCUT2D eigenvalue weighted by atomic mass is 32.1. The molecule has 0 radical (unpaired) electrons. The molecule has 0 aromatic carbocycles. The fourth-order valence-electron chi connectivity index (χ4n) is 1.30. The number of hydrogen-bond donors (Lipinski definition) is 0. The summed E-state index contributed by atoms with van der Waals surface area (Å²) in [6.45, 7) is 4.33. The highest BCUT2D eigenvalue weighted by Crippen LogP contribution is 2.29. The lowest BCUT2D eigenvalue weighted by molar-refractivity contribution is 0.890. The van der Waals surface area contributed by atoms with Crippen molar-refractivity contribution >= 4 is 21.6 Å². The number of nitrogens with zero attached hydrogens (tertiary/aromatic N) is 2. The molecule has 0 atom stereocenters. The van der Waals surface area contributed by atoms with Crippen LogP contribution in [-0.2, 0) is 0 Å². The lowest BCUT2D eigenvalue weighted by Gasteiger charge is -1.95. The van der Waals surface area contributed by atoms with E-state index in [2.05, 4.69) is 31.0 Å². The summed E-state index contributed by atoms with van der Waals surface area (Å²) in [6, 6.07) is 6.12. The van der Waals surface area contributed by atoms with E-state index in [1.54, 1.807) is 17.5 Å². The van der Waals surface area contributed by atoms with Gasteiger partial charge in [0.15, 0.2) is 0 Å². The van der Waals surface area contributed by atoms with Gasteiger partial charge in [-0.3, -0.25) is 0 Å². The summed E-state index contributed by atoms with van der Waals surface area (Å²) in [4.78, 5) is 6.59. The van der Waals surface area contributed by atoms with E-state index < -0.39 is 0 Å². The van der Waals surface area contributed by atoms with Gasteiger partial charge in [0, 0.05) is 16.5 Å². The molecule has 70 valence electrons. The first-order valence-corrected chi connectivity index (χ1v) is 5.32. The van der Waals surface area contributed by atoms with Crippen molar-refractivity contribution in [3.63, 3.8) is 0 Å². The van der Waals surface area contributed by atoms with Crippen LogP contribution in [0.2, 0.25) is 0 Å². The van der Waals surface area contributed by atoms with E-state index in [4.69, 9.17) is 5.26 Å². The summed E-state index contributed by atoms with van der Waals surface area (Å²) in [5.74, 6) is 0.528. The third-order valence-corrected chi connectivity index (χ3v) is 3.45. The molecular formula is C11H10N2S. The molecule has 0 aliphatic heterocycles. The van der Waals surface area contributed by atoms with Crippen LogP contribution in [0.4, 0.5) is 0 Å². The fourth-order valence-corrected chi connectivity index (χ4v) is 2.28. The Kier molecular flexibility index (Phi) is 2.22. The molecule has 2 rings (SSSR count). The third-order valence-electron chi connectivity index (χ3n) is 2.09. The number of nitriles is 1. The van der Waals surface area contributed by atoms with Crippen LogP contribution in [0.1, 0.15) is 30.2 Å². The molecule has 0 unspecified atom stereocenters. The average molecular weight is 202 g/mol. The van der Waals surface area contributed by atoms with E-state index in [-0.39, 0.29) is 0 Å². The van der Waals surface area contributed by atoms with Crippen molar-refractivity contribution in [2.75, 3.05) is 0 Å². The molecule has 0 saturated carbocycles. The van der Waals surface area contributed by atoms with E-state index in [0.29, 0.717) is 11.5 Å². The van der Waals surface area contributed by atoms with E-state index >= 15 is 0 Å². The molecular weight excluding hydrogens is 192 g/mol. The molecule has 14 heavy (non-hydrogen) atoms. The van der Waals surface area contributed by atoms with Gasteiger partial charge in [0.05, 0.1) is 5.56 Å². The zero-order chi connectivity index (χ0) is 10.1. The van der Waals surface area contributed by atoms with Crippen LogP contribution < -0.4 is 0 Å². The van der Waals surface area contributed by atoms with Crippen LogP contribution in [0.25, 0.3) is 10.2 Å². The molecule has 0 fully saturated rings. The van der Waals surface area contributed by atoms with Gasteiger partial charge in [0.25, 0.3) is 0 Å².